The Kier molecular flexibility index (Phi) is 2.96. The van der Waals surface area contributed by atoms with E-state index in [9.17, 15) is 14.9 Å². The fourth-order valence-electron chi connectivity index (χ4n) is 1.49. The van der Waals surface area contributed by atoms with E-state index in [4.69, 9.17) is 0 Å². The standard InChI is InChI=1S/C13H9NO3/c15-13(10-4-2-1-3-5-10)11-6-8-12(9-7-11)14(16)17/h1-9H/i13-1. The summed E-state index contributed by atoms with van der Waals surface area (Å²) in [6, 6.07) is 14.4. The van der Waals surface area contributed by atoms with Crippen molar-refractivity contribution in [1.82, 2.24) is 0 Å². The van der Waals surface area contributed by atoms with E-state index < -0.39 is 4.92 Å². The SMILES string of the molecule is O=[11C](c1ccccc1)c1ccc([N+](=O)[O-])cc1. The summed E-state index contributed by atoms with van der Waals surface area (Å²) >= 11 is 0. The number of rotatable bonds is 3. The molecule has 0 saturated carbocycles. The van der Waals surface area contributed by atoms with Gasteiger partial charge in [0.1, 0.15) is 0 Å². The lowest BCUT2D eigenvalue weighted by atomic mass is 9.70. The molecule has 2 aromatic rings. The molecule has 0 spiro atoms. The molecule has 0 N–H and O–H groups in total. The quantitative estimate of drug-likeness (QED) is 0.459. The van der Waals surface area contributed by atoms with Crippen LogP contribution in [0.1, 0.15) is 15.9 Å². The molecule has 4 heteroatoms. The summed E-state index contributed by atoms with van der Waals surface area (Å²) in [6.45, 7) is 0. The third-order valence-electron chi connectivity index (χ3n) is 2.38. The minimum Gasteiger partial charge on any atom is -0.289 e. The minimum atomic E-state index is -0.489. The molecule has 0 aliphatic carbocycles. The predicted octanol–water partition coefficient (Wildman–Crippen LogP) is 2.83. The highest BCUT2D eigenvalue weighted by Gasteiger charge is 2.10. The zero-order valence-corrected chi connectivity index (χ0v) is 8.87. The maximum absolute atomic E-state index is 12.0. The molecule has 0 amide bonds. The second kappa shape index (κ2) is 4.57. The van der Waals surface area contributed by atoms with Crippen molar-refractivity contribution in [3.8, 4) is 0 Å². The Balaban J connectivity index is 2.30. The molecule has 0 aliphatic rings. The summed E-state index contributed by atoms with van der Waals surface area (Å²) in [5.41, 5.74) is 0.998. The first-order valence-electron chi connectivity index (χ1n) is 5.02. The Bertz CT molecular complexity index is 547. The van der Waals surface area contributed by atoms with Crippen LogP contribution in [-0.2, 0) is 0 Å². The Labute approximate surface area is 97.7 Å². The summed E-state index contributed by atoms with van der Waals surface area (Å²) in [5.74, 6) is -0.138. The second-order valence-corrected chi connectivity index (χ2v) is 3.50. The molecule has 0 aliphatic heterocycles. The van der Waals surface area contributed by atoms with Gasteiger partial charge < -0.3 is 0 Å². The fourth-order valence-corrected chi connectivity index (χ4v) is 1.49. The van der Waals surface area contributed by atoms with Crippen LogP contribution in [0.25, 0.3) is 0 Å². The van der Waals surface area contributed by atoms with E-state index in [1.807, 2.05) is 6.07 Å². The topological polar surface area (TPSA) is 60.2 Å². The Morgan fingerprint density at radius 2 is 1.41 bits per heavy atom. The van der Waals surface area contributed by atoms with Crippen molar-refractivity contribution >= 4 is 11.5 Å². The van der Waals surface area contributed by atoms with Crippen LogP contribution in [0.4, 0.5) is 5.69 Å². The van der Waals surface area contributed by atoms with Gasteiger partial charge in [-0.2, -0.15) is 0 Å². The molecule has 0 unspecified atom stereocenters. The first-order valence-corrected chi connectivity index (χ1v) is 5.02. The molecule has 17 heavy (non-hydrogen) atoms. The van der Waals surface area contributed by atoms with Gasteiger partial charge in [-0.05, 0) is 12.1 Å². The van der Waals surface area contributed by atoms with Crippen LogP contribution < -0.4 is 0 Å². The summed E-state index contributed by atoms with van der Waals surface area (Å²) < 4.78 is 0. The lowest BCUT2D eigenvalue weighted by Gasteiger charge is -2.00. The number of benzene rings is 2. The van der Waals surface area contributed by atoms with Crippen LogP contribution in [0.2, 0.25) is 0 Å². The molecular weight excluding hydrogens is 217 g/mol. The van der Waals surface area contributed by atoms with Crippen molar-refractivity contribution in [2.45, 2.75) is 0 Å². The molecule has 0 atom stereocenters. The molecule has 0 bridgehead atoms. The van der Waals surface area contributed by atoms with Gasteiger partial charge in [-0.25, -0.2) is 0 Å². The van der Waals surface area contributed by atoms with Gasteiger partial charge in [-0.1, -0.05) is 30.3 Å². The molecule has 2 rings (SSSR count). The Morgan fingerprint density at radius 1 is 0.882 bits per heavy atom. The number of hydrogen-bond donors (Lipinski definition) is 0. The third kappa shape index (κ3) is 2.36. The molecule has 2 aromatic carbocycles. The lowest BCUT2D eigenvalue weighted by molar-refractivity contribution is -0.384. The van der Waals surface area contributed by atoms with Gasteiger partial charge in [0.25, 0.3) is 5.69 Å². The van der Waals surface area contributed by atoms with E-state index in [1.165, 1.54) is 24.3 Å². The van der Waals surface area contributed by atoms with E-state index in [-0.39, 0.29) is 11.5 Å². The normalized spacial score (nSPS) is 9.88. The number of carbonyl (C=O) groups excluding carboxylic acids is 1. The van der Waals surface area contributed by atoms with Crippen molar-refractivity contribution in [2.24, 2.45) is 0 Å². The van der Waals surface area contributed by atoms with Gasteiger partial charge in [-0.3, -0.25) is 14.9 Å². The molecule has 0 fully saturated rings. The number of hydrogen-bond acceptors (Lipinski definition) is 3. The highest BCUT2D eigenvalue weighted by atomic mass is 16.6. The largest absolute Gasteiger partial charge is 0.289 e. The van der Waals surface area contributed by atoms with Crippen LogP contribution in [0.3, 0.4) is 0 Å². The molecule has 0 heterocycles. The van der Waals surface area contributed by atoms with Crippen molar-refractivity contribution in [2.75, 3.05) is 0 Å². The monoisotopic (exact) mass is 226 g/mol. The summed E-state index contributed by atoms with van der Waals surface area (Å²) in [7, 11) is 0. The van der Waals surface area contributed by atoms with E-state index in [1.54, 1.807) is 24.3 Å². The van der Waals surface area contributed by atoms with Crippen LogP contribution >= 0.6 is 0 Å². The Morgan fingerprint density at radius 3 is 1.94 bits per heavy atom. The summed E-state index contributed by atoms with van der Waals surface area (Å²) in [6.07, 6.45) is 0. The molecule has 0 radical (unpaired) electrons. The second-order valence-electron chi connectivity index (χ2n) is 3.50. The Hall–Kier alpha value is -2.49. The maximum atomic E-state index is 12.0. The molecule has 84 valence electrons. The molecule has 4 nitrogen and oxygen atoms in total. The summed E-state index contributed by atoms with van der Waals surface area (Å²) in [4.78, 5) is 21.9. The van der Waals surface area contributed by atoms with E-state index in [2.05, 4.69) is 0 Å². The molecule has 0 aromatic heterocycles. The van der Waals surface area contributed by atoms with Crippen molar-refractivity contribution in [3.63, 3.8) is 0 Å². The molecule has 0 saturated heterocycles. The molecular formula is C13H9NO3. The average molecular weight is 226 g/mol. The zero-order valence-electron chi connectivity index (χ0n) is 8.87. The maximum Gasteiger partial charge on any atom is 0.269 e. The highest BCUT2D eigenvalue weighted by molar-refractivity contribution is 6.09. The van der Waals surface area contributed by atoms with Crippen LogP contribution in [0.5, 0.6) is 0 Å². The van der Waals surface area contributed by atoms with Gasteiger partial charge in [0.15, 0.2) is 5.78 Å². The minimum absolute atomic E-state index is 0.0189. The van der Waals surface area contributed by atoms with Crippen LogP contribution in [-0.4, -0.2) is 10.7 Å². The summed E-state index contributed by atoms with van der Waals surface area (Å²) in [5, 5.41) is 10.5. The van der Waals surface area contributed by atoms with Crippen LogP contribution in [0.15, 0.2) is 54.6 Å². The number of nitro benzene ring substituents is 1. The predicted molar refractivity (Wildman–Crippen MR) is 63.0 cm³/mol. The van der Waals surface area contributed by atoms with Crippen molar-refractivity contribution in [1.29, 1.82) is 0 Å². The number of carbonyl (C=O) groups is 1. The first kappa shape index (κ1) is 11.0. The zero-order chi connectivity index (χ0) is 12.3. The van der Waals surface area contributed by atoms with Crippen molar-refractivity contribution in [3.05, 3.63) is 75.8 Å². The number of nitrogens with zero attached hydrogens (tertiary/aromatic N) is 1. The number of ketones is 1. The smallest absolute Gasteiger partial charge is 0.269 e. The third-order valence-corrected chi connectivity index (χ3v) is 2.38. The fraction of sp³-hybridized carbons (Fsp3) is 0. The van der Waals surface area contributed by atoms with Gasteiger partial charge in [0.05, 0.1) is 4.92 Å². The number of non-ortho nitro benzene ring substituents is 1. The highest BCUT2D eigenvalue weighted by Crippen LogP contribution is 2.15. The van der Waals surface area contributed by atoms with E-state index in [0.29, 0.717) is 11.1 Å². The van der Waals surface area contributed by atoms with Crippen molar-refractivity contribution < 1.29 is 9.72 Å². The van der Waals surface area contributed by atoms with Crippen LogP contribution in [0, 0.1) is 10.1 Å². The average Bonchev–Trinajstić information content (AvgIpc) is 2.39. The van der Waals surface area contributed by atoms with Gasteiger partial charge in [-0.15, -0.1) is 0 Å². The van der Waals surface area contributed by atoms with Gasteiger partial charge in [0, 0.05) is 23.3 Å². The van der Waals surface area contributed by atoms with Gasteiger partial charge >= 0.3 is 0 Å². The van der Waals surface area contributed by atoms with E-state index in [0.717, 1.165) is 0 Å². The lowest BCUT2D eigenvalue weighted by Crippen LogP contribution is -2.00. The van der Waals surface area contributed by atoms with Gasteiger partial charge in [0.2, 0.25) is 0 Å². The first-order chi connectivity index (χ1) is 8.18. The van der Waals surface area contributed by atoms with E-state index >= 15 is 0 Å². The number of nitro groups is 1.